The first-order valence-electron chi connectivity index (χ1n) is 8.46. The van der Waals surface area contributed by atoms with E-state index < -0.39 is 0 Å². The van der Waals surface area contributed by atoms with Gasteiger partial charge in [0.05, 0.1) is 19.1 Å². The molecule has 1 aliphatic rings. The van der Waals surface area contributed by atoms with Crippen LogP contribution in [-0.2, 0) is 9.53 Å². The standard InChI is InChI=1S/C18H29N3O2.2ClH/c1-14(13-21-8-10-23-11-9-21)12-20-18(22)15(2)17(19)16-6-4-3-5-7-16;;/h3-7,14-15,17H,8-13,19H2,1-2H3,(H,20,22);2*1H. The smallest absolute Gasteiger partial charge is 0.224 e. The maximum Gasteiger partial charge on any atom is 0.224 e. The average Bonchev–Trinajstić information content (AvgIpc) is 2.60. The van der Waals surface area contributed by atoms with Crippen LogP contribution < -0.4 is 11.1 Å². The van der Waals surface area contributed by atoms with Crippen molar-refractivity contribution in [1.82, 2.24) is 10.2 Å². The second-order valence-electron chi connectivity index (χ2n) is 6.49. The van der Waals surface area contributed by atoms with Gasteiger partial charge in [0.15, 0.2) is 0 Å². The van der Waals surface area contributed by atoms with Gasteiger partial charge >= 0.3 is 0 Å². The molecule has 5 nitrogen and oxygen atoms in total. The summed E-state index contributed by atoms with van der Waals surface area (Å²) in [5, 5.41) is 3.05. The monoisotopic (exact) mass is 391 g/mol. The first-order chi connectivity index (χ1) is 11.1. The Labute approximate surface area is 163 Å². The van der Waals surface area contributed by atoms with Crippen LogP contribution in [-0.4, -0.2) is 50.2 Å². The van der Waals surface area contributed by atoms with Crippen LogP contribution in [0, 0.1) is 11.8 Å². The Morgan fingerprint density at radius 1 is 1.20 bits per heavy atom. The van der Waals surface area contributed by atoms with E-state index in [4.69, 9.17) is 10.5 Å². The number of amides is 1. The summed E-state index contributed by atoms with van der Waals surface area (Å²) in [6.07, 6.45) is 0. The highest BCUT2D eigenvalue weighted by atomic mass is 35.5. The van der Waals surface area contributed by atoms with Crippen LogP contribution in [0.2, 0.25) is 0 Å². The van der Waals surface area contributed by atoms with Crippen LogP contribution in [0.5, 0.6) is 0 Å². The molecule has 0 saturated carbocycles. The van der Waals surface area contributed by atoms with E-state index in [2.05, 4.69) is 17.1 Å². The molecule has 1 fully saturated rings. The number of ether oxygens (including phenoxy) is 1. The molecular formula is C18H31Cl2N3O2. The number of halogens is 2. The fourth-order valence-corrected chi connectivity index (χ4v) is 2.85. The van der Waals surface area contributed by atoms with E-state index in [1.165, 1.54) is 0 Å². The van der Waals surface area contributed by atoms with Crippen molar-refractivity contribution >= 4 is 30.7 Å². The first-order valence-corrected chi connectivity index (χ1v) is 8.46. The minimum absolute atomic E-state index is 0. The van der Waals surface area contributed by atoms with Gasteiger partial charge < -0.3 is 15.8 Å². The Kier molecular flexibility index (Phi) is 12.1. The van der Waals surface area contributed by atoms with E-state index in [1.807, 2.05) is 37.3 Å². The summed E-state index contributed by atoms with van der Waals surface area (Å²) in [4.78, 5) is 14.7. The van der Waals surface area contributed by atoms with Crippen molar-refractivity contribution in [2.45, 2.75) is 19.9 Å². The number of morpholine rings is 1. The summed E-state index contributed by atoms with van der Waals surface area (Å²) in [6.45, 7) is 9.30. The number of nitrogens with two attached hydrogens (primary N) is 1. The van der Waals surface area contributed by atoms with Crippen molar-refractivity contribution in [2.24, 2.45) is 17.6 Å². The van der Waals surface area contributed by atoms with Crippen molar-refractivity contribution in [1.29, 1.82) is 0 Å². The molecule has 3 atom stereocenters. The molecule has 1 saturated heterocycles. The summed E-state index contributed by atoms with van der Waals surface area (Å²) in [6, 6.07) is 9.51. The fourth-order valence-electron chi connectivity index (χ4n) is 2.85. The van der Waals surface area contributed by atoms with Gasteiger partial charge in [0.25, 0.3) is 0 Å². The van der Waals surface area contributed by atoms with Crippen molar-refractivity contribution in [3.63, 3.8) is 0 Å². The minimum atomic E-state index is -0.272. The summed E-state index contributed by atoms with van der Waals surface area (Å²) in [5.74, 6) is 0.195. The van der Waals surface area contributed by atoms with Crippen LogP contribution in [0.15, 0.2) is 30.3 Å². The average molecular weight is 392 g/mol. The van der Waals surface area contributed by atoms with Crippen LogP contribution in [0.4, 0.5) is 0 Å². The molecule has 1 aliphatic heterocycles. The lowest BCUT2D eigenvalue weighted by Crippen LogP contribution is -2.43. The molecule has 0 bridgehead atoms. The molecule has 25 heavy (non-hydrogen) atoms. The maximum absolute atomic E-state index is 12.3. The zero-order valence-corrected chi connectivity index (χ0v) is 16.7. The Morgan fingerprint density at radius 2 is 1.80 bits per heavy atom. The summed E-state index contributed by atoms with van der Waals surface area (Å²) in [7, 11) is 0. The molecule has 1 aromatic rings. The lowest BCUT2D eigenvalue weighted by Gasteiger charge is -2.29. The predicted molar refractivity (Wildman–Crippen MR) is 106 cm³/mol. The SMILES string of the molecule is CC(CNC(=O)C(C)C(N)c1ccccc1)CN1CCOCC1.Cl.Cl. The largest absolute Gasteiger partial charge is 0.379 e. The molecule has 3 N–H and O–H groups in total. The van der Waals surface area contributed by atoms with Gasteiger partial charge in [-0.1, -0.05) is 44.2 Å². The molecule has 3 unspecified atom stereocenters. The number of nitrogens with zero attached hydrogens (tertiary/aromatic N) is 1. The number of hydrogen-bond acceptors (Lipinski definition) is 4. The zero-order chi connectivity index (χ0) is 16.7. The highest BCUT2D eigenvalue weighted by Gasteiger charge is 2.22. The summed E-state index contributed by atoms with van der Waals surface area (Å²) in [5.41, 5.74) is 7.21. The van der Waals surface area contributed by atoms with Crippen molar-refractivity contribution < 1.29 is 9.53 Å². The van der Waals surface area contributed by atoms with E-state index >= 15 is 0 Å². The molecule has 1 heterocycles. The minimum Gasteiger partial charge on any atom is -0.379 e. The maximum atomic E-state index is 12.3. The van der Waals surface area contributed by atoms with E-state index in [0.717, 1.165) is 38.4 Å². The highest BCUT2D eigenvalue weighted by Crippen LogP contribution is 2.19. The number of carbonyl (C=O) groups excluding carboxylic acids is 1. The number of hydrogen-bond donors (Lipinski definition) is 2. The van der Waals surface area contributed by atoms with Gasteiger partial charge in [-0.2, -0.15) is 0 Å². The Morgan fingerprint density at radius 3 is 2.40 bits per heavy atom. The molecule has 0 aromatic heterocycles. The van der Waals surface area contributed by atoms with E-state index in [-0.39, 0.29) is 42.7 Å². The number of nitrogens with one attached hydrogen (secondary N) is 1. The normalized spacial score (nSPS) is 18.2. The van der Waals surface area contributed by atoms with Crippen molar-refractivity contribution in [2.75, 3.05) is 39.4 Å². The first kappa shape index (κ1) is 24.1. The molecule has 144 valence electrons. The third-order valence-corrected chi connectivity index (χ3v) is 4.44. The number of carbonyl (C=O) groups is 1. The second kappa shape index (κ2) is 12.5. The van der Waals surface area contributed by atoms with Gasteiger partial charge in [0.2, 0.25) is 5.91 Å². The molecule has 1 amide bonds. The zero-order valence-electron chi connectivity index (χ0n) is 15.0. The summed E-state index contributed by atoms with van der Waals surface area (Å²) < 4.78 is 5.35. The van der Waals surface area contributed by atoms with Crippen molar-refractivity contribution in [3.05, 3.63) is 35.9 Å². The van der Waals surface area contributed by atoms with Gasteiger partial charge in [-0.3, -0.25) is 9.69 Å². The lowest BCUT2D eigenvalue weighted by molar-refractivity contribution is -0.125. The van der Waals surface area contributed by atoms with Gasteiger partial charge in [0, 0.05) is 32.2 Å². The Bertz CT molecular complexity index is 484. The van der Waals surface area contributed by atoms with Gasteiger partial charge in [-0.15, -0.1) is 24.8 Å². The highest BCUT2D eigenvalue weighted by molar-refractivity contribution is 5.85. The molecule has 0 radical (unpaired) electrons. The van der Waals surface area contributed by atoms with Crippen LogP contribution in [0.1, 0.15) is 25.5 Å². The van der Waals surface area contributed by atoms with Gasteiger partial charge in [0.1, 0.15) is 0 Å². The van der Waals surface area contributed by atoms with Gasteiger partial charge in [-0.25, -0.2) is 0 Å². The van der Waals surface area contributed by atoms with Gasteiger partial charge in [-0.05, 0) is 11.5 Å². The van der Waals surface area contributed by atoms with E-state index in [0.29, 0.717) is 12.5 Å². The quantitative estimate of drug-likeness (QED) is 0.747. The van der Waals surface area contributed by atoms with Crippen LogP contribution >= 0.6 is 24.8 Å². The molecule has 7 heteroatoms. The molecule has 2 rings (SSSR count). The number of rotatable bonds is 7. The van der Waals surface area contributed by atoms with E-state index in [1.54, 1.807) is 0 Å². The molecule has 0 spiro atoms. The predicted octanol–water partition coefficient (Wildman–Crippen LogP) is 2.25. The lowest BCUT2D eigenvalue weighted by atomic mass is 9.94. The Hall–Kier alpha value is -0.850. The molecule has 1 aromatic carbocycles. The second-order valence-corrected chi connectivity index (χ2v) is 6.49. The van der Waals surface area contributed by atoms with E-state index in [9.17, 15) is 4.79 Å². The third kappa shape index (κ3) is 7.92. The Balaban J connectivity index is 0.00000288. The van der Waals surface area contributed by atoms with Crippen LogP contribution in [0.3, 0.4) is 0 Å². The summed E-state index contributed by atoms with van der Waals surface area (Å²) >= 11 is 0. The molecule has 0 aliphatic carbocycles. The topological polar surface area (TPSA) is 67.6 Å². The third-order valence-electron chi connectivity index (χ3n) is 4.44. The van der Waals surface area contributed by atoms with Crippen molar-refractivity contribution in [3.8, 4) is 0 Å². The number of benzene rings is 1. The van der Waals surface area contributed by atoms with Crippen LogP contribution in [0.25, 0.3) is 0 Å². The molecular weight excluding hydrogens is 361 g/mol. The fraction of sp³-hybridized carbons (Fsp3) is 0.611.